The summed E-state index contributed by atoms with van der Waals surface area (Å²) in [6, 6.07) is 46.2. The van der Waals surface area contributed by atoms with Crippen LogP contribution in [0.4, 0.5) is 0 Å². The van der Waals surface area contributed by atoms with Gasteiger partial charge < -0.3 is 33.2 Å². The highest BCUT2D eigenvalue weighted by Crippen LogP contribution is 2.36. The Labute approximate surface area is 352 Å². The zero-order valence-corrected chi connectivity index (χ0v) is 34.9. The molecule has 1 aliphatic rings. The summed E-state index contributed by atoms with van der Waals surface area (Å²) in [5.41, 5.74) is 6.96. The van der Waals surface area contributed by atoms with Crippen LogP contribution in [0.5, 0.6) is 11.6 Å². The Morgan fingerprint density at radius 2 is 1.15 bits per heavy atom. The lowest BCUT2D eigenvalue weighted by atomic mass is 9.97. The van der Waals surface area contributed by atoms with Crippen LogP contribution in [0.25, 0.3) is 0 Å². The van der Waals surface area contributed by atoms with Gasteiger partial charge in [0.1, 0.15) is 30.2 Å². The van der Waals surface area contributed by atoms with Crippen LogP contribution in [0.1, 0.15) is 59.0 Å². The Hall–Kier alpha value is -5.00. The highest BCUT2D eigenvalue weighted by Gasteiger charge is 2.50. The molecule has 0 aliphatic carbocycles. The van der Waals surface area contributed by atoms with Crippen molar-refractivity contribution in [3.63, 3.8) is 0 Å². The van der Waals surface area contributed by atoms with E-state index >= 15 is 0 Å². The van der Waals surface area contributed by atoms with Gasteiger partial charge in [-0.15, -0.1) is 5.10 Å². The number of aromatic nitrogens is 2. The van der Waals surface area contributed by atoms with Gasteiger partial charge >= 0.3 is 0 Å². The summed E-state index contributed by atoms with van der Waals surface area (Å²) in [6.45, 7) is 7.80. The summed E-state index contributed by atoms with van der Waals surface area (Å²) in [5.74, 6) is 1.05. The Kier molecular flexibility index (Phi) is 14.9. The fourth-order valence-electron chi connectivity index (χ4n) is 7.30. The standard InChI is InChI=1S/C49H53ClN2O7/c1-34(2)52-35(3)41(27-40-25-26-43(53-4)42(50)28-40)48(51-52)59-49-47(57-32-39-23-15-8-16-24-39)46(56-31-38-21-13-7-14-22-38)45(55-30-37-19-11-6-12-20-37)44(58-49)33-54-29-36-17-9-5-10-18-36/h5-26,28,34,44-47,49H,27,29-33H2,1-4H3/t44-,45-,46+,47-,49+/m1/s1. The summed E-state index contributed by atoms with van der Waals surface area (Å²) >= 11 is 6.61. The molecule has 1 aliphatic heterocycles. The van der Waals surface area contributed by atoms with Gasteiger partial charge in [0.2, 0.25) is 12.2 Å². The minimum atomic E-state index is -0.963. The van der Waals surface area contributed by atoms with E-state index in [1.165, 1.54) is 0 Å². The lowest BCUT2D eigenvalue weighted by Gasteiger charge is -2.45. The second-order valence-electron chi connectivity index (χ2n) is 15.0. The van der Waals surface area contributed by atoms with Crippen molar-refractivity contribution in [1.29, 1.82) is 0 Å². The molecule has 1 saturated heterocycles. The Bertz CT molecular complexity index is 2170. The van der Waals surface area contributed by atoms with Gasteiger partial charge in [0.15, 0.2) is 0 Å². The van der Waals surface area contributed by atoms with Crippen LogP contribution in [0.15, 0.2) is 140 Å². The maximum Gasteiger partial charge on any atom is 0.239 e. The van der Waals surface area contributed by atoms with Crippen LogP contribution in [-0.2, 0) is 56.5 Å². The molecule has 2 heterocycles. The number of halogens is 1. The Balaban J connectivity index is 1.27. The summed E-state index contributed by atoms with van der Waals surface area (Å²) in [6.07, 6.45) is -3.07. The van der Waals surface area contributed by atoms with Crippen LogP contribution >= 0.6 is 11.6 Å². The average molecular weight is 817 g/mol. The van der Waals surface area contributed by atoms with Gasteiger partial charge in [-0.2, -0.15) is 0 Å². The minimum absolute atomic E-state index is 0.0693. The smallest absolute Gasteiger partial charge is 0.239 e. The van der Waals surface area contributed by atoms with Gasteiger partial charge in [0, 0.05) is 23.7 Å². The minimum Gasteiger partial charge on any atom is -0.495 e. The summed E-state index contributed by atoms with van der Waals surface area (Å²) in [5, 5.41) is 5.58. The summed E-state index contributed by atoms with van der Waals surface area (Å²) < 4.78 is 48.5. The molecule has 10 heteroatoms. The number of methoxy groups -OCH3 is 1. The second-order valence-corrected chi connectivity index (χ2v) is 15.4. The maximum absolute atomic E-state index is 7.01. The fourth-order valence-corrected chi connectivity index (χ4v) is 7.58. The Morgan fingerprint density at radius 1 is 0.644 bits per heavy atom. The first-order valence-electron chi connectivity index (χ1n) is 20.2. The molecule has 0 saturated carbocycles. The van der Waals surface area contributed by atoms with Gasteiger partial charge in [0.25, 0.3) is 0 Å². The highest BCUT2D eigenvalue weighted by molar-refractivity contribution is 6.32. The van der Waals surface area contributed by atoms with Gasteiger partial charge in [-0.3, -0.25) is 4.68 Å². The molecule has 308 valence electrons. The molecule has 0 amide bonds. The molecule has 6 aromatic rings. The molecule has 0 bridgehead atoms. The van der Waals surface area contributed by atoms with Crippen LogP contribution in [0.3, 0.4) is 0 Å². The predicted octanol–water partition coefficient (Wildman–Crippen LogP) is 10.1. The van der Waals surface area contributed by atoms with Crippen molar-refractivity contribution in [2.45, 2.75) is 90.4 Å². The third kappa shape index (κ3) is 11.2. The van der Waals surface area contributed by atoms with Crippen LogP contribution in [0, 0.1) is 6.92 Å². The fraction of sp³-hybridized carbons (Fsp3) is 0.327. The monoisotopic (exact) mass is 816 g/mol. The van der Waals surface area contributed by atoms with E-state index in [0.717, 1.165) is 39.1 Å². The van der Waals surface area contributed by atoms with Gasteiger partial charge in [-0.05, 0) is 60.7 Å². The van der Waals surface area contributed by atoms with E-state index in [1.54, 1.807) is 7.11 Å². The van der Waals surface area contributed by atoms with Crippen LogP contribution < -0.4 is 9.47 Å². The Morgan fingerprint density at radius 3 is 1.66 bits per heavy atom. The number of hydrogen-bond donors (Lipinski definition) is 0. The van der Waals surface area contributed by atoms with E-state index < -0.39 is 30.7 Å². The number of hydrogen-bond acceptors (Lipinski definition) is 8. The summed E-state index contributed by atoms with van der Waals surface area (Å²) in [7, 11) is 1.61. The number of rotatable bonds is 19. The molecule has 1 aromatic heterocycles. The quantitative estimate of drug-likeness (QED) is 0.0800. The van der Waals surface area contributed by atoms with Crippen LogP contribution in [-0.4, -0.2) is 54.2 Å². The molecule has 9 nitrogen and oxygen atoms in total. The van der Waals surface area contributed by atoms with E-state index in [9.17, 15) is 0 Å². The van der Waals surface area contributed by atoms with Crippen molar-refractivity contribution >= 4 is 11.6 Å². The molecule has 1 fully saturated rings. The van der Waals surface area contributed by atoms with Gasteiger partial charge in [0.05, 0.1) is 45.2 Å². The van der Waals surface area contributed by atoms with Crippen molar-refractivity contribution in [2.24, 2.45) is 0 Å². The van der Waals surface area contributed by atoms with Crippen molar-refractivity contribution in [2.75, 3.05) is 13.7 Å². The lowest BCUT2D eigenvalue weighted by molar-refractivity contribution is -0.310. The van der Waals surface area contributed by atoms with Crippen LogP contribution in [0.2, 0.25) is 5.02 Å². The highest BCUT2D eigenvalue weighted by atomic mass is 35.5. The van der Waals surface area contributed by atoms with Gasteiger partial charge in [-0.1, -0.05) is 139 Å². The first kappa shape index (κ1) is 42.1. The zero-order chi connectivity index (χ0) is 41.0. The van der Waals surface area contributed by atoms with E-state index in [0.29, 0.717) is 42.9 Å². The molecule has 0 radical (unpaired) electrons. The van der Waals surface area contributed by atoms with Crippen molar-refractivity contribution in [1.82, 2.24) is 9.78 Å². The molecule has 5 aromatic carbocycles. The first-order chi connectivity index (χ1) is 28.9. The predicted molar refractivity (Wildman–Crippen MR) is 229 cm³/mol. The third-order valence-corrected chi connectivity index (χ3v) is 10.7. The number of benzene rings is 5. The van der Waals surface area contributed by atoms with E-state index in [-0.39, 0.29) is 19.3 Å². The van der Waals surface area contributed by atoms with E-state index in [1.807, 2.05) is 144 Å². The second kappa shape index (κ2) is 20.8. The molecule has 7 rings (SSSR count). The topological polar surface area (TPSA) is 82.4 Å². The maximum atomic E-state index is 7.01. The molecular weight excluding hydrogens is 764 g/mol. The zero-order valence-electron chi connectivity index (χ0n) is 34.1. The first-order valence-corrected chi connectivity index (χ1v) is 20.5. The number of nitrogens with zero attached hydrogens (tertiary/aromatic N) is 2. The lowest BCUT2D eigenvalue weighted by Crippen LogP contribution is -2.62. The summed E-state index contributed by atoms with van der Waals surface area (Å²) in [4.78, 5) is 0. The largest absolute Gasteiger partial charge is 0.495 e. The van der Waals surface area contributed by atoms with E-state index in [4.69, 9.17) is 49.9 Å². The molecule has 59 heavy (non-hydrogen) atoms. The molecule has 0 N–H and O–H groups in total. The normalized spacial score (nSPS) is 19.2. The van der Waals surface area contributed by atoms with Crippen molar-refractivity contribution in [3.8, 4) is 11.6 Å². The molecular formula is C49H53ClN2O7. The SMILES string of the molecule is COc1ccc(Cc2c(O[C@@H]3O[C@H](COCc4ccccc4)[C@@H](OCc4ccccc4)[C@H](OCc4ccccc4)[C@H]3OCc3ccccc3)nn(C(C)C)c2C)cc1Cl. The molecule has 5 atom stereocenters. The third-order valence-electron chi connectivity index (χ3n) is 10.4. The average Bonchev–Trinajstić information content (AvgIpc) is 3.57. The van der Waals surface area contributed by atoms with Gasteiger partial charge in [-0.25, -0.2) is 0 Å². The van der Waals surface area contributed by atoms with Crippen molar-refractivity contribution < 1.29 is 33.2 Å². The van der Waals surface area contributed by atoms with Crippen molar-refractivity contribution in [3.05, 3.63) is 184 Å². The number of ether oxygens (including phenoxy) is 7. The van der Waals surface area contributed by atoms with E-state index in [2.05, 4.69) is 20.8 Å². The molecule has 0 unspecified atom stereocenters. The molecule has 0 spiro atoms.